The standard InChI is InChI=1S/C7H12F2N2O/c1-2-6-10-3-7(12)11(6)4-5(8)9/h5-6,10H,2-4H2,1H3. The molecule has 1 saturated heterocycles. The number of carbonyl (C=O) groups is 1. The van der Waals surface area contributed by atoms with Gasteiger partial charge >= 0.3 is 0 Å². The minimum absolute atomic E-state index is 0.186. The minimum Gasteiger partial charge on any atom is -0.320 e. The summed E-state index contributed by atoms with van der Waals surface area (Å²) in [4.78, 5) is 12.2. The van der Waals surface area contributed by atoms with E-state index in [0.29, 0.717) is 6.42 Å². The molecule has 1 N–H and O–H groups in total. The molecule has 0 aromatic rings. The second-order valence-corrected chi connectivity index (χ2v) is 2.74. The van der Waals surface area contributed by atoms with Crippen LogP contribution < -0.4 is 5.32 Å². The summed E-state index contributed by atoms with van der Waals surface area (Å²) in [7, 11) is 0. The van der Waals surface area contributed by atoms with Crippen LogP contribution in [0.5, 0.6) is 0 Å². The molecule has 1 unspecified atom stereocenters. The molecule has 0 aromatic heterocycles. The van der Waals surface area contributed by atoms with Gasteiger partial charge in [0.15, 0.2) is 0 Å². The predicted molar refractivity (Wildman–Crippen MR) is 39.8 cm³/mol. The van der Waals surface area contributed by atoms with Crippen molar-refractivity contribution in [1.29, 1.82) is 0 Å². The highest BCUT2D eigenvalue weighted by atomic mass is 19.3. The number of nitrogens with zero attached hydrogens (tertiary/aromatic N) is 1. The Morgan fingerprint density at radius 2 is 2.42 bits per heavy atom. The Labute approximate surface area is 69.7 Å². The fourth-order valence-electron chi connectivity index (χ4n) is 1.33. The van der Waals surface area contributed by atoms with E-state index in [0.717, 1.165) is 0 Å². The van der Waals surface area contributed by atoms with Crippen LogP contribution in [-0.4, -0.2) is 36.5 Å². The molecule has 0 aliphatic carbocycles. The molecule has 1 heterocycles. The fourth-order valence-corrected chi connectivity index (χ4v) is 1.33. The van der Waals surface area contributed by atoms with Crippen molar-refractivity contribution >= 4 is 5.91 Å². The van der Waals surface area contributed by atoms with Crippen LogP contribution in [0, 0.1) is 0 Å². The van der Waals surface area contributed by atoms with Crippen molar-refractivity contribution < 1.29 is 13.6 Å². The van der Waals surface area contributed by atoms with E-state index >= 15 is 0 Å². The quantitative estimate of drug-likeness (QED) is 0.679. The molecular formula is C7H12F2N2O. The molecule has 0 aromatic carbocycles. The van der Waals surface area contributed by atoms with Crippen LogP contribution >= 0.6 is 0 Å². The van der Waals surface area contributed by atoms with Crippen LogP contribution in [0.1, 0.15) is 13.3 Å². The van der Waals surface area contributed by atoms with Gasteiger partial charge in [-0.05, 0) is 6.42 Å². The lowest BCUT2D eigenvalue weighted by molar-refractivity contribution is -0.129. The number of alkyl halides is 2. The van der Waals surface area contributed by atoms with Gasteiger partial charge < -0.3 is 4.90 Å². The van der Waals surface area contributed by atoms with Gasteiger partial charge in [-0.1, -0.05) is 6.92 Å². The van der Waals surface area contributed by atoms with Gasteiger partial charge in [0, 0.05) is 0 Å². The summed E-state index contributed by atoms with van der Waals surface area (Å²) < 4.78 is 23.9. The van der Waals surface area contributed by atoms with Crippen molar-refractivity contribution in [2.45, 2.75) is 25.9 Å². The fraction of sp³-hybridized carbons (Fsp3) is 0.857. The van der Waals surface area contributed by atoms with Gasteiger partial charge in [0.05, 0.1) is 19.3 Å². The van der Waals surface area contributed by atoms with Crippen LogP contribution in [-0.2, 0) is 4.79 Å². The van der Waals surface area contributed by atoms with Crippen LogP contribution in [0.4, 0.5) is 8.78 Å². The third-order valence-electron chi connectivity index (χ3n) is 1.91. The van der Waals surface area contributed by atoms with Crippen molar-refractivity contribution in [3.05, 3.63) is 0 Å². The molecular weight excluding hydrogens is 166 g/mol. The topological polar surface area (TPSA) is 32.3 Å². The summed E-state index contributed by atoms with van der Waals surface area (Å²) >= 11 is 0. The summed E-state index contributed by atoms with van der Waals surface area (Å²) in [5, 5.41) is 2.85. The molecule has 0 radical (unpaired) electrons. The molecule has 3 nitrogen and oxygen atoms in total. The van der Waals surface area contributed by atoms with Gasteiger partial charge in [0.25, 0.3) is 6.43 Å². The molecule has 0 bridgehead atoms. The second kappa shape index (κ2) is 3.80. The van der Waals surface area contributed by atoms with E-state index in [2.05, 4.69) is 5.32 Å². The molecule has 12 heavy (non-hydrogen) atoms. The third-order valence-corrected chi connectivity index (χ3v) is 1.91. The summed E-state index contributed by atoms with van der Waals surface area (Å²) in [5.41, 5.74) is 0. The SMILES string of the molecule is CCC1NCC(=O)N1CC(F)F. The first-order chi connectivity index (χ1) is 5.65. The summed E-state index contributed by atoms with van der Waals surface area (Å²) in [6.07, 6.45) is -1.98. The van der Waals surface area contributed by atoms with Crippen LogP contribution in [0.15, 0.2) is 0 Å². The number of hydrogen-bond donors (Lipinski definition) is 1. The molecule has 1 aliphatic heterocycles. The molecule has 0 spiro atoms. The second-order valence-electron chi connectivity index (χ2n) is 2.74. The lowest BCUT2D eigenvalue weighted by Gasteiger charge is -2.22. The Bertz CT molecular complexity index is 175. The number of halogens is 2. The van der Waals surface area contributed by atoms with Crippen molar-refractivity contribution in [2.24, 2.45) is 0 Å². The maximum Gasteiger partial charge on any atom is 0.255 e. The van der Waals surface area contributed by atoms with Gasteiger partial charge in [0.1, 0.15) is 0 Å². The van der Waals surface area contributed by atoms with Crippen molar-refractivity contribution in [3.8, 4) is 0 Å². The maximum absolute atomic E-state index is 11.9. The normalized spacial score (nSPS) is 24.2. The molecule has 1 atom stereocenters. The van der Waals surface area contributed by atoms with E-state index in [1.165, 1.54) is 4.90 Å². The first kappa shape index (κ1) is 9.38. The molecule has 1 amide bonds. The lowest BCUT2D eigenvalue weighted by atomic mass is 10.3. The Balaban J connectivity index is 2.52. The van der Waals surface area contributed by atoms with Gasteiger partial charge in [-0.15, -0.1) is 0 Å². The van der Waals surface area contributed by atoms with E-state index in [4.69, 9.17) is 0 Å². The smallest absolute Gasteiger partial charge is 0.255 e. The largest absolute Gasteiger partial charge is 0.320 e. The van der Waals surface area contributed by atoms with E-state index in [9.17, 15) is 13.6 Å². The van der Waals surface area contributed by atoms with Crippen LogP contribution in [0.2, 0.25) is 0 Å². The highest BCUT2D eigenvalue weighted by Gasteiger charge is 2.30. The zero-order valence-corrected chi connectivity index (χ0v) is 6.89. The Morgan fingerprint density at radius 3 is 2.92 bits per heavy atom. The molecule has 1 aliphatic rings. The highest BCUT2D eigenvalue weighted by Crippen LogP contribution is 2.10. The predicted octanol–water partition coefficient (Wildman–Crippen LogP) is 0.419. The van der Waals surface area contributed by atoms with Crippen LogP contribution in [0.3, 0.4) is 0 Å². The Hall–Kier alpha value is -0.710. The van der Waals surface area contributed by atoms with Crippen molar-refractivity contribution in [3.63, 3.8) is 0 Å². The van der Waals surface area contributed by atoms with E-state index < -0.39 is 13.0 Å². The number of nitrogens with one attached hydrogen (secondary N) is 1. The first-order valence-corrected chi connectivity index (χ1v) is 3.96. The number of carbonyl (C=O) groups excluding carboxylic acids is 1. The number of hydrogen-bond acceptors (Lipinski definition) is 2. The zero-order chi connectivity index (χ0) is 9.14. The monoisotopic (exact) mass is 178 g/mol. The average molecular weight is 178 g/mol. The van der Waals surface area contributed by atoms with Gasteiger partial charge in [0.2, 0.25) is 5.91 Å². The van der Waals surface area contributed by atoms with E-state index in [1.807, 2.05) is 6.92 Å². The molecule has 1 rings (SSSR count). The number of rotatable bonds is 3. The third kappa shape index (κ3) is 1.91. The zero-order valence-electron chi connectivity index (χ0n) is 6.89. The number of amides is 1. The molecule has 0 saturated carbocycles. The van der Waals surface area contributed by atoms with Crippen molar-refractivity contribution in [2.75, 3.05) is 13.1 Å². The van der Waals surface area contributed by atoms with Gasteiger partial charge in [-0.25, -0.2) is 8.78 Å². The van der Waals surface area contributed by atoms with Crippen molar-refractivity contribution in [1.82, 2.24) is 10.2 Å². The van der Waals surface area contributed by atoms with Crippen LogP contribution in [0.25, 0.3) is 0 Å². The summed E-state index contributed by atoms with van der Waals surface area (Å²) in [6.45, 7) is 1.59. The average Bonchev–Trinajstić information content (AvgIpc) is 2.32. The Kier molecular flexibility index (Phi) is 2.97. The lowest BCUT2D eigenvalue weighted by Crippen LogP contribution is -2.39. The maximum atomic E-state index is 11.9. The van der Waals surface area contributed by atoms with Gasteiger partial charge in [-0.2, -0.15) is 0 Å². The van der Waals surface area contributed by atoms with E-state index in [-0.39, 0.29) is 18.6 Å². The van der Waals surface area contributed by atoms with Gasteiger partial charge in [-0.3, -0.25) is 10.1 Å². The Morgan fingerprint density at radius 1 is 1.75 bits per heavy atom. The highest BCUT2D eigenvalue weighted by molar-refractivity contribution is 5.80. The first-order valence-electron chi connectivity index (χ1n) is 3.96. The minimum atomic E-state index is -2.44. The summed E-state index contributed by atoms with van der Waals surface area (Å²) in [6, 6.07) is 0. The molecule has 70 valence electrons. The molecule has 5 heteroatoms. The van der Waals surface area contributed by atoms with E-state index in [1.54, 1.807) is 0 Å². The summed E-state index contributed by atoms with van der Waals surface area (Å²) in [5.74, 6) is -0.234. The molecule has 1 fully saturated rings.